The molecule has 0 unspecified atom stereocenters. The normalized spacial score (nSPS) is 12.0. The first-order valence-corrected chi connectivity index (χ1v) is 16.4. The van der Waals surface area contributed by atoms with Crippen LogP contribution in [0.1, 0.15) is 39.5 Å². The molecule has 0 N–H and O–H groups in total. The fourth-order valence-electron chi connectivity index (χ4n) is 3.17. The number of benzene rings is 2. The minimum absolute atomic E-state index is 0.841. The van der Waals surface area contributed by atoms with Gasteiger partial charge in [-0.05, 0) is 24.3 Å². The number of halogens is 2. The van der Waals surface area contributed by atoms with Crippen molar-refractivity contribution in [2.45, 2.75) is 49.3 Å². The van der Waals surface area contributed by atoms with Crippen molar-refractivity contribution in [3.63, 3.8) is 0 Å². The standard InChI is InChI=1S/C20H18Cl2S8/c1-3-5-7-25-13-9-10(16-17(11(13)21)29-20(24)28-16)14(26-8-6-4-2)12(22)18-15(9)27-19(23)30-18/h3-8H2,1-2H3. The Morgan fingerprint density at radius 3 is 1.40 bits per heavy atom. The highest BCUT2D eigenvalue weighted by atomic mass is 35.5. The zero-order valence-electron chi connectivity index (χ0n) is 16.3. The summed E-state index contributed by atoms with van der Waals surface area (Å²) in [5, 5.41) is 4.14. The molecule has 0 nitrogen and oxygen atoms in total. The molecule has 0 amide bonds. The van der Waals surface area contributed by atoms with E-state index in [4.69, 9.17) is 47.6 Å². The van der Waals surface area contributed by atoms with Gasteiger partial charge in [-0.3, -0.25) is 0 Å². The number of hydrogen-bond acceptors (Lipinski definition) is 8. The summed E-state index contributed by atoms with van der Waals surface area (Å²) < 4.78 is 6.37. The second-order valence-electron chi connectivity index (χ2n) is 6.66. The van der Waals surface area contributed by atoms with Crippen molar-refractivity contribution in [2.24, 2.45) is 0 Å². The quantitative estimate of drug-likeness (QED) is 0.115. The van der Waals surface area contributed by atoms with Gasteiger partial charge < -0.3 is 0 Å². The van der Waals surface area contributed by atoms with Crippen LogP contribution in [0.3, 0.4) is 0 Å². The van der Waals surface area contributed by atoms with Crippen LogP contribution in [-0.2, 0) is 0 Å². The molecule has 4 aromatic rings. The molecule has 0 bridgehead atoms. The Bertz CT molecular complexity index is 1240. The van der Waals surface area contributed by atoms with E-state index in [1.54, 1.807) is 45.3 Å². The number of thioether (sulfide) groups is 2. The number of unbranched alkanes of at least 4 members (excludes halogenated alkanes) is 2. The molecule has 0 aliphatic heterocycles. The molecule has 160 valence electrons. The Morgan fingerprint density at radius 2 is 1.03 bits per heavy atom. The first-order chi connectivity index (χ1) is 14.5. The van der Waals surface area contributed by atoms with Crippen molar-refractivity contribution in [2.75, 3.05) is 11.5 Å². The van der Waals surface area contributed by atoms with Gasteiger partial charge in [-0.25, -0.2) is 0 Å². The summed E-state index contributed by atoms with van der Waals surface area (Å²) in [4.78, 5) is 2.33. The van der Waals surface area contributed by atoms with E-state index in [9.17, 15) is 0 Å². The van der Waals surface area contributed by atoms with Crippen molar-refractivity contribution in [1.82, 2.24) is 0 Å². The van der Waals surface area contributed by atoms with Gasteiger partial charge >= 0.3 is 0 Å². The third-order valence-corrected chi connectivity index (χ3v) is 13.6. The predicted molar refractivity (Wildman–Crippen MR) is 153 cm³/mol. The first kappa shape index (κ1) is 24.2. The average Bonchev–Trinajstić information content (AvgIpc) is 3.29. The van der Waals surface area contributed by atoms with E-state index in [0.29, 0.717) is 0 Å². The smallest absolute Gasteiger partial charge is 0.124 e. The SMILES string of the molecule is CCCCSc1c(Cl)c2sc(=S)sc2c2c(SCCCC)c(Cl)c3sc(=S)sc3c12. The molecule has 0 saturated heterocycles. The molecule has 0 atom stereocenters. The van der Waals surface area contributed by atoms with Crippen molar-refractivity contribution >= 4 is 146 Å². The topological polar surface area (TPSA) is 0 Å². The van der Waals surface area contributed by atoms with Crippen LogP contribution in [0.2, 0.25) is 10.0 Å². The summed E-state index contributed by atoms with van der Waals surface area (Å²) in [5.74, 6) is 2.09. The summed E-state index contributed by atoms with van der Waals surface area (Å²) in [7, 11) is 0. The molecule has 2 aromatic heterocycles. The van der Waals surface area contributed by atoms with E-state index in [2.05, 4.69) is 13.8 Å². The Balaban J connectivity index is 2.17. The van der Waals surface area contributed by atoms with E-state index < -0.39 is 0 Å². The minimum atomic E-state index is 0.841. The molecule has 2 aromatic carbocycles. The van der Waals surface area contributed by atoms with Gasteiger partial charge in [-0.2, -0.15) is 0 Å². The predicted octanol–water partition coefficient (Wildman–Crippen LogP) is 11.9. The van der Waals surface area contributed by atoms with Gasteiger partial charge in [0.25, 0.3) is 0 Å². The van der Waals surface area contributed by atoms with Crippen LogP contribution in [-0.4, -0.2) is 11.5 Å². The lowest BCUT2D eigenvalue weighted by Crippen LogP contribution is -1.89. The Kier molecular flexibility index (Phi) is 8.49. The van der Waals surface area contributed by atoms with E-state index in [-0.39, 0.29) is 0 Å². The van der Waals surface area contributed by atoms with E-state index in [0.717, 1.165) is 50.1 Å². The largest absolute Gasteiger partial charge is 0.144 e. The minimum Gasteiger partial charge on any atom is -0.124 e. The van der Waals surface area contributed by atoms with Crippen molar-refractivity contribution in [1.29, 1.82) is 0 Å². The van der Waals surface area contributed by atoms with Gasteiger partial charge in [0.1, 0.15) is 6.28 Å². The molecule has 10 heteroatoms. The number of rotatable bonds is 8. The van der Waals surface area contributed by atoms with E-state index in [1.807, 2.05) is 23.5 Å². The highest BCUT2D eigenvalue weighted by Gasteiger charge is 2.24. The van der Waals surface area contributed by atoms with Crippen molar-refractivity contribution < 1.29 is 0 Å². The van der Waals surface area contributed by atoms with Gasteiger partial charge in [0.05, 0.1) is 28.8 Å². The molecular weight excluding hydrogens is 568 g/mol. The maximum atomic E-state index is 7.03. The lowest BCUT2D eigenvalue weighted by atomic mass is 10.1. The summed E-state index contributed by atoms with van der Waals surface area (Å²) in [5.41, 5.74) is 0. The monoisotopic (exact) mass is 584 g/mol. The van der Waals surface area contributed by atoms with Crippen LogP contribution in [0, 0.1) is 6.28 Å². The van der Waals surface area contributed by atoms with Crippen molar-refractivity contribution in [3.8, 4) is 0 Å². The molecule has 0 aliphatic carbocycles. The maximum absolute atomic E-state index is 7.03. The Hall–Kier alpha value is 1.04. The van der Waals surface area contributed by atoms with Gasteiger partial charge in [-0.15, -0.1) is 68.9 Å². The van der Waals surface area contributed by atoms with Crippen LogP contribution in [0.15, 0.2) is 9.79 Å². The van der Waals surface area contributed by atoms with Crippen LogP contribution in [0.5, 0.6) is 0 Å². The van der Waals surface area contributed by atoms with Crippen LogP contribution in [0.4, 0.5) is 0 Å². The Morgan fingerprint density at radius 1 is 0.667 bits per heavy atom. The number of fused-ring (bicyclic) bond motifs is 5. The summed E-state index contributed by atoms with van der Waals surface area (Å²) >= 11 is 35.5. The molecule has 0 spiro atoms. The van der Waals surface area contributed by atoms with Gasteiger partial charge in [0.2, 0.25) is 0 Å². The van der Waals surface area contributed by atoms with Gasteiger partial charge in [0, 0.05) is 20.6 Å². The van der Waals surface area contributed by atoms with Crippen LogP contribution < -0.4 is 0 Å². The average molecular weight is 586 g/mol. The second kappa shape index (κ2) is 10.5. The molecule has 0 aliphatic rings. The highest BCUT2D eigenvalue weighted by molar-refractivity contribution is 8.00. The number of hydrogen-bond donors (Lipinski definition) is 0. The maximum Gasteiger partial charge on any atom is 0.144 e. The van der Waals surface area contributed by atoms with Crippen molar-refractivity contribution in [3.05, 3.63) is 16.3 Å². The molecule has 30 heavy (non-hydrogen) atoms. The molecule has 0 radical (unpaired) electrons. The summed E-state index contributed by atoms with van der Waals surface area (Å²) in [6.07, 6.45) is 4.65. The van der Waals surface area contributed by atoms with E-state index >= 15 is 0 Å². The molecule has 0 saturated carbocycles. The molecule has 4 rings (SSSR count). The third kappa shape index (κ3) is 4.52. The van der Waals surface area contributed by atoms with Crippen LogP contribution in [0.25, 0.3) is 29.6 Å². The highest BCUT2D eigenvalue weighted by Crippen LogP contribution is 2.55. The summed E-state index contributed by atoms with van der Waals surface area (Å²) in [6.45, 7) is 4.44. The Labute approximate surface area is 221 Å². The first-order valence-electron chi connectivity index (χ1n) is 9.57. The molecular formula is C20H18Cl2S8. The molecule has 0 fully saturated rings. The second-order valence-corrected chi connectivity index (χ2v) is 16.1. The lowest BCUT2D eigenvalue weighted by Gasteiger charge is -2.16. The lowest BCUT2D eigenvalue weighted by molar-refractivity contribution is 0.896. The van der Waals surface area contributed by atoms with E-state index in [1.165, 1.54) is 42.8 Å². The van der Waals surface area contributed by atoms with Gasteiger partial charge in [-0.1, -0.05) is 74.3 Å². The van der Waals surface area contributed by atoms with Gasteiger partial charge in [0.15, 0.2) is 0 Å². The fourth-order valence-corrected chi connectivity index (χ4v) is 12.2. The third-order valence-electron chi connectivity index (χ3n) is 4.60. The zero-order chi connectivity index (χ0) is 21.4. The summed E-state index contributed by atoms with van der Waals surface area (Å²) in [6, 6.07) is 0. The fraction of sp³-hybridized carbons (Fsp3) is 0.400. The van der Waals surface area contributed by atoms with Crippen LogP contribution >= 0.6 is 117 Å². The molecule has 2 heterocycles. The zero-order valence-corrected chi connectivity index (χ0v) is 24.3.